The van der Waals surface area contributed by atoms with E-state index in [9.17, 15) is 4.79 Å². The number of carbonyl (C=O) groups excluding carboxylic acids is 1. The van der Waals surface area contributed by atoms with Crippen molar-refractivity contribution in [3.8, 4) is 0 Å². The lowest BCUT2D eigenvalue weighted by atomic mass is 9.77. The summed E-state index contributed by atoms with van der Waals surface area (Å²) in [6.07, 6.45) is 2.61. The molecule has 0 N–H and O–H groups in total. The predicted octanol–water partition coefficient (Wildman–Crippen LogP) is 2.79. The molecule has 0 aromatic heterocycles. The molecule has 1 unspecified atom stereocenters. The van der Waals surface area contributed by atoms with Crippen LogP contribution in [-0.2, 0) is 9.53 Å². The second-order valence-electron chi connectivity index (χ2n) is 3.74. The average molecular weight is 184 g/mol. The Kier molecular flexibility index (Phi) is 4.74. The van der Waals surface area contributed by atoms with Crippen molar-refractivity contribution < 1.29 is 9.53 Å². The highest BCUT2D eigenvalue weighted by molar-refractivity contribution is 5.73. The molecule has 0 aliphatic heterocycles. The molecule has 0 heterocycles. The Morgan fingerprint density at radius 2 is 2.08 bits per heavy atom. The highest BCUT2D eigenvalue weighted by atomic mass is 16.5. The first-order chi connectivity index (χ1) is 5.99. The predicted molar refractivity (Wildman–Crippen MR) is 54.4 cm³/mol. The van der Waals surface area contributed by atoms with Gasteiger partial charge in [-0.15, -0.1) is 6.58 Å². The number of carbonyl (C=O) groups is 1. The smallest absolute Gasteiger partial charge is 0.309 e. The van der Waals surface area contributed by atoms with Gasteiger partial charge in [0.2, 0.25) is 0 Å². The Bertz CT molecular complexity index is 183. The molecule has 0 amide bonds. The summed E-state index contributed by atoms with van der Waals surface area (Å²) >= 11 is 0. The normalized spacial score (nSPS) is 13.5. The first-order valence-corrected chi connectivity index (χ1v) is 4.79. The quantitative estimate of drug-likeness (QED) is 0.485. The molecule has 0 aromatic carbocycles. The molecule has 0 saturated heterocycles. The van der Waals surface area contributed by atoms with Gasteiger partial charge in [-0.25, -0.2) is 0 Å². The van der Waals surface area contributed by atoms with E-state index in [1.165, 1.54) is 0 Å². The summed E-state index contributed by atoms with van der Waals surface area (Å²) in [6.45, 7) is 12.0. The van der Waals surface area contributed by atoms with Crippen molar-refractivity contribution in [2.24, 2.45) is 11.3 Å². The highest BCUT2D eigenvalue weighted by Crippen LogP contribution is 2.31. The first kappa shape index (κ1) is 12.2. The summed E-state index contributed by atoms with van der Waals surface area (Å²) in [7, 11) is 0. The molecule has 0 aromatic rings. The van der Waals surface area contributed by atoms with Gasteiger partial charge in [0.1, 0.15) is 0 Å². The largest absolute Gasteiger partial charge is 0.466 e. The van der Waals surface area contributed by atoms with Crippen LogP contribution in [0.5, 0.6) is 0 Å². The topological polar surface area (TPSA) is 26.3 Å². The molecule has 0 aliphatic carbocycles. The van der Waals surface area contributed by atoms with Gasteiger partial charge in [0.15, 0.2) is 0 Å². The number of hydrogen-bond acceptors (Lipinski definition) is 2. The lowest BCUT2D eigenvalue weighted by molar-refractivity contribution is -0.151. The number of ether oxygens (including phenoxy) is 1. The third kappa shape index (κ3) is 3.21. The van der Waals surface area contributed by atoms with Gasteiger partial charge >= 0.3 is 5.97 Å². The van der Waals surface area contributed by atoms with E-state index in [2.05, 4.69) is 6.58 Å². The molecule has 0 spiro atoms. The second kappa shape index (κ2) is 5.05. The third-order valence-electron chi connectivity index (χ3n) is 2.40. The van der Waals surface area contributed by atoms with Crippen LogP contribution in [0.3, 0.4) is 0 Å². The zero-order valence-corrected chi connectivity index (χ0v) is 9.09. The van der Waals surface area contributed by atoms with Crippen molar-refractivity contribution in [2.45, 2.75) is 34.1 Å². The van der Waals surface area contributed by atoms with Gasteiger partial charge in [0, 0.05) is 0 Å². The molecular weight excluding hydrogens is 164 g/mol. The van der Waals surface area contributed by atoms with Crippen LogP contribution in [0.15, 0.2) is 12.7 Å². The lowest BCUT2D eigenvalue weighted by Crippen LogP contribution is -2.30. The Balaban J connectivity index is 4.49. The van der Waals surface area contributed by atoms with Crippen molar-refractivity contribution in [3.05, 3.63) is 12.7 Å². The molecule has 0 aliphatic rings. The fraction of sp³-hybridized carbons (Fsp3) is 0.727. The monoisotopic (exact) mass is 184 g/mol. The van der Waals surface area contributed by atoms with E-state index >= 15 is 0 Å². The molecule has 0 radical (unpaired) electrons. The van der Waals surface area contributed by atoms with Gasteiger partial charge in [0.25, 0.3) is 0 Å². The SMILES string of the molecule is C=CC(C)(C)C(CC)C(=O)OCC. The minimum atomic E-state index is -0.180. The summed E-state index contributed by atoms with van der Waals surface area (Å²) in [5.74, 6) is -0.195. The van der Waals surface area contributed by atoms with Gasteiger partial charge in [-0.3, -0.25) is 4.79 Å². The van der Waals surface area contributed by atoms with Gasteiger partial charge in [-0.05, 0) is 18.8 Å². The summed E-state index contributed by atoms with van der Waals surface area (Å²) in [6, 6.07) is 0. The second-order valence-corrected chi connectivity index (χ2v) is 3.74. The van der Waals surface area contributed by atoms with Crippen LogP contribution in [0.2, 0.25) is 0 Å². The average Bonchev–Trinajstić information content (AvgIpc) is 2.05. The molecule has 76 valence electrons. The molecule has 0 saturated carbocycles. The number of rotatable bonds is 5. The van der Waals surface area contributed by atoms with Gasteiger partial charge < -0.3 is 4.74 Å². The van der Waals surface area contributed by atoms with E-state index in [-0.39, 0.29) is 17.3 Å². The van der Waals surface area contributed by atoms with Crippen molar-refractivity contribution in [3.63, 3.8) is 0 Å². The van der Waals surface area contributed by atoms with Gasteiger partial charge in [-0.2, -0.15) is 0 Å². The first-order valence-electron chi connectivity index (χ1n) is 4.79. The van der Waals surface area contributed by atoms with Gasteiger partial charge in [0.05, 0.1) is 12.5 Å². The van der Waals surface area contributed by atoms with E-state index in [1.54, 1.807) is 0 Å². The van der Waals surface area contributed by atoms with Crippen molar-refractivity contribution >= 4 is 5.97 Å². The van der Waals surface area contributed by atoms with Crippen LogP contribution in [0.1, 0.15) is 34.1 Å². The van der Waals surface area contributed by atoms with Crippen LogP contribution in [0.25, 0.3) is 0 Å². The van der Waals surface area contributed by atoms with Crippen LogP contribution in [0, 0.1) is 11.3 Å². The van der Waals surface area contributed by atoms with E-state index in [1.807, 2.05) is 33.8 Å². The maximum absolute atomic E-state index is 11.5. The maximum Gasteiger partial charge on any atom is 0.309 e. The van der Waals surface area contributed by atoms with E-state index in [0.29, 0.717) is 6.61 Å². The summed E-state index contributed by atoms with van der Waals surface area (Å²) in [5, 5.41) is 0. The molecule has 2 heteroatoms. The lowest BCUT2D eigenvalue weighted by Gasteiger charge is -2.28. The fourth-order valence-corrected chi connectivity index (χ4v) is 1.38. The Morgan fingerprint density at radius 3 is 2.38 bits per heavy atom. The summed E-state index contributed by atoms with van der Waals surface area (Å²) in [4.78, 5) is 11.5. The molecule has 1 atom stereocenters. The Morgan fingerprint density at radius 1 is 1.54 bits per heavy atom. The summed E-state index contributed by atoms with van der Waals surface area (Å²) in [5.41, 5.74) is -0.180. The Labute approximate surface area is 81.0 Å². The van der Waals surface area contributed by atoms with Gasteiger partial charge in [-0.1, -0.05) is 26.8 Å². The van der Waals surface area contributed by atoms with Crippen molar-refractivity contribution in [1.82, 2.24) is 0 Å². The summed E-state index contributed by atoms with van der Waals surface area (Å²) < 4.78 is 5.00. The van der Waals surface area contributed by atoms with E-state index in [0.717, 1.165) is 6.42 Å². The molecular formula is C11H20O2. The molecule has 13 heavy (non-hydrogen) atoms. The van der Waals surface area contributed by atoms with E-state index in [4.69, 9.17) is 4.74 Å². The standard InChI is InChI=1S/C11H20O2/c1-6-9(10(12)13-8-3)11(4,5)7-2/h7,9H,2,6,8H2,1,3-5H3. The maximum atomic E-state index is 11.5. The van der Waals surface area contributed by atoms with Crippen LogP contribution < -0.4 is 0 Å². The zero-order chi connectivity index (χ0) is 10.5. The van der Waals surface area contributed by atoms with Crippen molar-refractivity contribution in [1.29, 1.82) is 0 Å². The van der Waals surface area contributed by atoms with Crippen LogP contribution >= 0.6 is 0 Å². The third-order valence-corrected chi connectivity index (χ3v) is 2.40. The zero-order valence-electron chi connectivity index (χ0n) is 9.09. The number of allylic oxidation sites excluding steroid dienone is 1. The highest BCUT2D eigenvalue weighted by Gasteiger charge is 2.32. The van der Waals surface area contributed by atoms with Crippen LogP contribution in [-0.4, -0.2) is 12.6 Å². The minimum Gasteiger partial charge on any atom is -0.466 e. The molecule has 0 rings (SSSR count). The number of hydrogen-bond donors (Lipinski definition) is 0. The Hall–Kier alpha value is -0.790. The number of esters is 1. The minimum absolute atomic E-state index is 0.0788. The van der Waals surface area contributed by atoms with Crippen LogP contribution in [0.4, 0.5) is 0 Å². The fourth-order valence-electron chi connectivity index (χ4n) is 1.38. The molecule has 0 fully saturated rings. The molecule has 0 bridgehead atoms. The van der Waals surface area contributed by atoms with Crippen molar-refractivity contribution in [2.75, 3.05) is 6.61 Å². The molecule has 2 nitrogen and oxygen atoms in total. The van der Waals surface area contributed by atoms with E-state index < -0.39 is 0 Å².